The molecule has 7 fully saturated rings. The second-order valence-corrected chi connectivity index (χ2v) is 18.6. The van der Waals surface area contributed by atoms with Crippen LogP contribution in [0, 0.1) is 22.7 Å². The second-order valence-electron chi connectivity index (χ2n) is 18.6. The molecule has 1 aromatic rings. The van der Waals surface area contributed by atoms with Gasteiger partial charge in [0.25, 0.3) is 0 Å². The summed E-state index contributed by atoms with van der Waals surface area (Å²) < 4.78 is 26.3. The summed E-state index contributed by atoms with van der Waals surface area (Å²) in [6, 6.07) is 7.54. The summed E-state index contributed by atoms with van der Waals surface area (Å²) in [5.41, 5.74) is 2.79. The molecule has 3 aliphatic carbocycles. The van der Waals surface area contributed by atoms with Crippen molar-refractivity contribution < 1.29 is 38.5 Å². The number of ether oxygens (including phenoxy) is 4. The van der Waals surface area contributed by atoms with E-state index in [9.17, 15) is 14.7 Å². The number of nitrogens with zero attached hydrogens (tertiary/aromatic N) is 1. The standard InChI is InChI=1S/C44H64N2O8/c1-6-8-10-18-43(19-11-9-7-2)52-35-33-26-44(40(49)45-21-22-47)37(39(48)50-33)46(54-38(44)36(35)53-43)27-29-14-12-13-28(23-29)24-30-15-16-34-42(5,51-34)20-17-32-31(30)25-41(32,3)4/h12-14,23-24,31-38,47H,6-11,15-22,25-27H2,1-5H3,(H,45,49)/t31-,32-,33-,34?,35+,36+,37-,38-,42-,44-/m1/s1. The number of benzene rings is 1. The lowest BCUT2D eigenvalue weighted by molar-refractivity contribution is -0.224. The highest BCUT2D eigenvalue weighted by molar-refractivity contribution is 5.93. The maximum absolute atomic E-state index is 14.3. The number of allylic oxidation sites excluding steroid dienone is 1. The van der Waals surface area contributed by atoms with Crippen molar-refractivity contribution in [3.8, 4) is 0 Å². The number of aliphatic hydroxyl groups excluding tert-OH is 1. The number of carbonyl (C=O) groups excluding carboxylic acids is 2. The van der Waals surface area contributed by atoms with Crippen molar-refractivity contribution >= 4 is 18.0 Å². The Balaban J connectivity index is 1.08. The lowest BCUT2D eigenvalue weighted by atomic mass is 9.52. The Hall–Kier alpha value is -2.34. The molecule has 4 heterocycles. The molecule has 298 valence electrons. The number of rotatable bonds is 14. The van der Waals surface area contributed by atoms with Crippen LogP contribution in [0.1, 0.15) is 136 Å². The van der Waals surface area contributed by atoms with Crippen LogP contribution in [0.5, 0.6) is 0 Å². The summed E-state index contributed by atoms with van der Waals surface area (Å²) in [5, 5.41) is 14.3. The van der Waals surface area contributed by atoms with Gasteiger partial charge in [0.2, 0.25) is 5.91 Å². The number of hydrogen-bond acceptors (Lipinski definition) is 9. The number of hydroxylamine groups is 2. The van der Waals surface area contributed by atoms with E-state index in [2.05, 4.69) is 70.3 Å². The average molecular weight is 749 g/mol. The zero-order valence-electron chi connectivity index (χ0n) is 33.3. The van der Waals surface area contributed by atoms with Crippen LogP contribution in [0.2, 0.25) is 0 Å². The van der Waals surface area contributed by atoms with Crippen LogP contribution < -0.4 is 5.32 Å². The molecule has 0 spiro atoms. The Morgan fingerprint density at radius 2 is 1.76 bits per heavy atom. The third-order valence-corrected chi connectivity index (χ3v) is 14.4. The first-order valence-corrected chi connectivity index (χ1v) is 21.3. The van der Waals surface area contributed by atoms with Crippen LogP contribution in [0.4, 0.5) is 0 Å². The van der Waals surface area contributed by atoms with Crippen molar-refractivity contribution in [3.63, 3.8) is 0 Å². The number of unbranched alkanes of at least 4 members (excludes halogenated alkanes) is 4. The van der Waals surface area contributed by atoms with E-state index in [0.717, 1.165) is 81.8 Å². The highest BCUT2D eigenvalue weighted by atomic mass is 16.8. The zero-order chi connectivity index (χ0) is 37.9. The monoisotopic (exact) mass is 748 g/mol. The van der Waals surface area contributed by atoms with Crippen LogP contribution >= 0.6 is 0 Å². The fourth-order valence-electron chi connectivity index (χ4n) is 11.4. The van der Waals surface area contributed by atoms with E-state index >= 15 is 0 Å². The Morgan fingerprint density at radius 1 is 1.00 bits per heavy atom. The molecule has 0 aromatic heterocycles. The first kappa shape index (κ1) is 38.5. The number of nitrogens with one attached hydrogen (secondary N) is 1. The molecular formula is C44H64N2O8. The number of carbonyl (C=O) groups is 2. The topological polar surface area (TPSA) is 119 Å². The highest BCUT2D eigenvalue weighted by Crippen LogP contribution is 2.60. The van der Waals surface area contributed by atoms with E-state index in [0.29, 0.717) is 29.9 Å². The number of aliphatic hydroxyl groups is 1. The van der Waals surface area contributed by atoms with Gasteiger partial charge in [-0.15, -0.1) is 0 Å². The van der Waals surface area contributed by atoms with Crippen molar-refractivity contribution in [2.24, 2.45) is 22.7 Å². The average Bonchev–Trinajstić information content (AvgIpc) is 3.43. The number of esters is 1. The largest absolute Gasteiger partial charge is 0.458 e. The number of fused-ring (bicyclic) bond motifs is 6. The van der Waals surface area contributed by atoms with Crippen LogP contribution in [-0.4, -0.2) is 83.1 Å². The molecule has 10 atom stereocenters. The van der Waals surface area contributed by atoms with Gasteiger partial charge in [-0.2, -0.15) is 5.06 Å². The predicted molar refractivity (Wildman–Crippen MR) is 204 cm³/mol. The van der Waals surface area contributed by atoms with E-state index in [4.69, 9.17) is 23.8 Å². The third-order valence-electron chi connectivity index (χ3n) is 14.4. The Labute approximate surface area is 322 Å². The first-order chi connectivity index (χ1) is 26.0. The van der Waals surface area contributed by atoms with Crippen molar-refractivity contribution in [3.05, 3.63) is 41.0 Å². The van der Waals surface area contributed by atoms with Gasteiger partial charge in [0, 0.05) is 25.8 Å². The summed E-state index contributed by atoms with van der Waals surface area (Å²) >= 11 is 0. The van der Waals surface area contributed by atoms with Crippen molar-refractivity contribution in [1.29, 1.82) is 0 Å². The molecule has 4 saturated heterocycles. The molecule has 3 saturated carbocycles. The molecule has 10 nitrogen and oxygen atoms in total. The van der Waals surface area contributed by atoms with Gasteiger partial charge in [0.1, 0.15) is 29.8 Å². The molecule has 2 bridgehead atoms. The van der Waals surface area contributed by atoms with Gasteiger partial charge in [0.05, 0.1) is 24.9 Å². The van der Waals surface area contributed by atoms with E-state index in [1.54, 1.807) is 5.06 Å². The van der Waals surface area contributed by atoms with Gasteiger partial charge in [-0.05, 0) is 80.2 Å². The van der Waals surface area contributed by atoms with Crippen LogP contribution in [0.15, 0.2) is 29.8 Å². The summed E-state index contributed by atoms with van der Waals surface area (Å²) in [6.45, 7) is 11.7. The molecular weight excluding hydrogens is 684 g/mol. The molecule has 1 amide bonds. The molecule has 10 heteroatoms. The summed E-state index contributed by atoms with van der Waals surface area (Å²) in [5.74, 6) is -0.337. The molecule has 2 N–H and O–H groups in total. The van der Waals surface area contributed by atoms with E-state index in [1.165, 1.54) is 18.4 Å². The minimum Gasteiger partial charge on any atom is -0.458 e. The Kier molecular flexibility index (Phi) is 10.6. The number of hydrogen-bond donors (Lipinski definition) is 2. The number of amides is 1. The van der Waals surface area contributed by atoms with Gasteiger partial charge >= 0.3 is 5.97 Å². The van der Waals surface area contributed by atoms with Gasteiger partial charge in [-0.1, -0.05) is 89.3 Å². The predicted octanol–water partition coefficient (Wildman–Crippen LogP) is 7.01. The molecule has 1 unspecified atom stereocenters. The summed E-state index contributed by atoms with van der Waals surface area (Å²) in [6.07, 6.45) is 14.0. The van der Waals surface area contributed by atoms with E-state index in [1.807, 2.05) is 0 Å². The van der Waals surface area contributed by atoms with Gasteiger partial charge in [-0.25, -0.2) is 0 Å². The Bertz CT molecular complexity index is 1590. The molecule has 7 aliphatic rings. The smallest absolute Gasteiger partial charge is 0.327 e. The van der Waals surface area contributed by atoms with Crippen LogP contribution in [0.25, 0.3) is 6.08 Å². The van der Waals surface area contributed by atoms with Crippen molar-refractivity contribution in [2.75, 3.05) is 13.2 Å². The normalized spacial score (nSPS) is 39.3. The highest BCUT2D eigenvalue weighted by Gasteiger charge is 2.76. The Morgan fingerprint density at radius 3 is 2.48 bits per heavy atom. The third kappa shape index (κ3) is 6.78. The first-order valence-electron chi connectivity index (χ1n) is 21.3. The summed E-state index contributed by atoms with van der Waals surface area (Å²) in [4.78, 5) is 35.3. The molecule has 1 aromatic carbocycles. The summed E-state index contributed by atoms with van der Waals surface area (Å²) in [7, 11) is 0. The zero-order valence-corrected chi connectivity index (χ0v) is 33.3. The van der Waals surface area contributed by atoms with Gasteiger partial charge < -0.3 is 29.4 Å². The molecule has 54 heavy (non-hydrogen) atoms. The molecule has 8 rings (SSSR count). The van der Waals surface area contributed by atoms with E-state index < -0.39 is 47.6 Å². The van der Waals surface area contributed by atoms with Gasteiger partial charge in [0.15, 0.2) is 11.8 Å². The van der Waals surface area contributed by atoms with Crippen LogP contribution in [0.3, 0.4) is 0 Å². The molecule has 0 radical (unpaired) electrons. The lowest BCUT2D eigenvalue weighted by Crippen LogP contribution is -2.69. The minimum absolute atomic E-state index is 0.0480. The maximum Gasteiger partial charge on any atom is 0.327 e. The van der Waals surface area contributed by atoms with Crippen molar-refractivity contribution in [1.82, 2.24) is 10.4 Å². The molecule has 4 aliphatic heterocycles. The maximum atomic E-state index is 14.3. The minimum atomic E-state index is -1.25. The number of epoxide rings is 1. The quantitative estimate of drug-likeness (QED) is 0.118. The SMILES string of the molecule is CCCCCC1(CCCCC)O[C@@H]2[C@H](O1)[C@H]1ON(Cc3cccc(C=C4CCC5O[C@]5(C)CC[C@@H]5[C@@H]4CC5(C)C)c3)[C@@H]3C(=O)O[C@@H]2C[C@]13C(=O)NCCO. The van der Waals surface area contributed by atoms with Gasteiger partial charge in [-0.3, -0.25) is 14.4 Å². The lowest BCUT2D eigenvalue weighted by Gasteiger charge is -2.53. The fourth-order valence-corrected chi connectivity index (χ4v) is 11.4. The fraction of sp³-hybridized carbons (Fsp3) is 0.773. The van der Waals surface area contributed by atoms with Crippen LogP contribution in [-0.2, 0) is 39.9 Å². The van der Waals surface area contributed by atoms with Crippen molar-refractivity contribution in [2.45, 2.75) is 179 Å². The second kappa shape index (κ2) is 14.9. The van der Waals surface area contributed by atoms with E-state index in [-0.39, 0.29) is 31.1 Å².